The molecule has 0 atom stereocenters. The number of methoxy groups -OCH3 is 1. The van der Waals surface area contributed by atoms with Crippen molar-refractivity contribution in [1.82, 2.24) is 4.90 Å². The third-order valence-electron chi connectivity index (χ3n) is 3.68. The normalized spacial score (nSPS) is 19.2. The van der Waals surface area contributed by atoms with Crippen LogP contribution in [0.2, 0.25) is 0 Å². The highest BCUT2D eigenvalue weighted by Gasteiger charge is 2.27. The van der Waals surface area contributed by atoms with Crippen molar-refractivity contribution in [2.24, 2.45) is 0 Å². The largest absolute Gasteiger partial charge is 0.497 e. The first-order valence-corrected chi connectivity index (χ1v) is 6.77. The lowest BCUT2D eigenvalue weighted by molar-refractivity contribution is -0.113. The van der Waals surface area contributed by atoms with Gasteiger partial charge >= 0.3 is 0 Å². The summed E-state index contributed by atoms with van der Waals surface area (Å²) in [4.78, 5) is 16.2. The molecule has 0 aromatic heterocycles. The zero-order valence-electron chi connectivity index (χ0n) is 11.5. The lowest BCUT2D eigenvalue weighted by Gasteiger charge is -2.30. The van der Waals surface area contributed by atoms with E-state index in [2.05, 4.69) is 4.90 Å². The molecule has 2 aliphatic rings. The van der Waals surface area contributed by atoms with Gasteiger partial charge in [-0.2, -0.15) is 0 Å². The maximum Gasteiger partial charge on any atom is 0.253 e. The number of carbonyl (C=O) groups excluding carboxylic acids is 1. The zero-order valence-corrected chi connectivity index (χ0v) is 11.5. The fourth-order valence-corrected chi connectivity index (χ4v) is 2.53. The van der Waals surface area contributed by atoms with Gasteiger partial charge in [0.25, 0.3) is 5.91 Å². The Labute approximate surface area is 118 Å². The molecule has 106 valence electrons. The van der Waals surface area contributed by atoms with Crippen LogP contribution in [0.15, 0.2) is 36.0 Å². The van der Waals surface area contributed by atoms with Gasteiger partial charge in [0.2, 0.25) is 0 Å². The molecule has 1 amide bonds. The number of amides is 1. The lowest BCUT2D eigenvalue weighted by Crippen LogP contribution is -2.37. The summed E-state index contributed by atoms with van der Waals surface area (Å²) in [6.07, 6.45) is 1.73. The summed E-state index contributed by atoms with van der Waals surface area (Å²) in [7, 11) is 1.63. The van der Waals surface area contributed by atoms with E-state index in [-0.39, 0.29) is 5.91 Å². The van der Waals surface area contributed by atoms with E-state index in [1.807, 2.05) is 24.3 Å². The van der Waals surface area contributed by atoms with Gasteiger partial charge in [0, 0.05) is 30.5 Å². The van der Waals surface area contributed by atoms with Gasteiger partial charge in [-0.05, 0) is 24.3 Å². The van der Waals surface area contributed by atoms with Crippen molar-refractivity contribution in [1.29, 1.82) is 0 Å². The smallest absolute Gasteiger partial charge is 0.253 e. The van der Waals surface area contributed by atoms with Crippen LogP contribution in [0.25, 0.3) is 0 Å². The number of benzene rings is 1. The molecule has 1 aromatic carbocycles. The summed E-state index contributed by atoms with van der Waals surface area (Å²) in [5, 5.41) is 0. The summed E-state index contributed by atoms with van der Waals surface area (Å²) >= 11 is 0. The van der Waals surface area contributed by atoms with Crippen molar-refractivity contribution in [2.75, 3.05) is 44.9 Å². The minimum Gasteiger partial charge on any atom is -0.497 e. The summed E-state index contributed by atoms with van der Waals surface area (Å²) in [5.74, 6) is 0.832. The molecule has 5 heteroatoms. The van der Waals surface area contributed by atoms with Gasteiger partial charge < -0.3 is 19.3 Å². The molecule has 0 saturated carbocycles. The monoisotopic (exact) mass is 274 g/mol. The highest BCUT2D eigenvalue weighted by Crippen LogP contribution is 2.25. The van der Waals surface area contributed by atoms with E-state index in [1.54, 1.807) is 18.1 Å². The molecule has 3 rings (SSSR count). The third-order valence-corrected chi connectivity index (χ3v) is 3.68. The molecule has 0 N–H and O–H groups in total. The first-order valence-electron chi connectivity index (χ1n) is 6.77. The fraction of sp³-hybridized carbons (Fsp3) is 0.400. The second kappa shape index (κ2) is 5.54. The quantitative estimate of drug-likeness (QED) is 0.832. The van der Waals surface area contributed by atoms with Crippen molar-refractivity contribution >= 4 is 11.6 Å². The van der Waals surface area contributed by atoms with Crippen LogP contribution in [-0.2, 0) is 9.53 Å². The average molecular weight is 274 g/mol. The van der Waals surface area contributed by atoms with E-state index in [4.69, 9.17) is 9.47 Å². The van der Waals surface area contributed by atoms with Crippen molar-refractivity contribution in [3.8, 4) is 5.75 Å². The molecule has 5 nitrogen and oxygen atoms in total. The van der Waals surface area contributed by atoms with Crippen molar-refractivity contribution in [3.05, 3.63) is 36.0 Å². The second-order valence-corrected chi connectivity index (χ2v) is 4.86. The van der Waals surface area contributed by atoms with E-state index < -0.39 is 0 Å². The highest BCUT2D eigenvalue weighted by molar-refractivity contribution is 6.04. The van der Waals surface area contributed by atoms with Crippen molar-refractivity contribution in [3.63, 3.8) is 0 Å². The molecule has 1 aromatic rings. The summed E-state index contributed by atoms with van der Waals surface area (Å²) in [6, 6.07) is 7.56. The molecular weight excluding hydrogens is 256 g/mol. The fourth-order valence-electron chi connectivity index (χ4n) is 2.53. The molecule has 0 spiro atoms. The van der Waals surface area contributed by atoms with E-state index >= 15 is 0 Å². The maximum atomic E-state index is 12.1. The Morgan fingerprint density at radius 1 is 1.15 bits per heavy atom. The SMILES string of the molecule is COc1ccc(N2CC(N3CCOCC3)=CC2=O)cc1. The summed E-state index contributed by atoms with van der Waals surface area (Å²) in [5.41, 5.74) is 1.98. The first-order chi connectivity index (χ1) is 9.78. The van der Waals surface area contributed by atoms with Crippen LogP contribution >= 0.6 is 0 Å². The average Bonchev–Trinajstić information content (AvgIpc) is 2.90. The van der Waals surface area contributed by atoms with E-state index in [0.29, 0.717) is 6.54 Å². The van der Waals surface area contributed by atoms with Gasteiger partial charge in [-0.3, -0.25) is 4.79 Å². The number of carbonyl (C=O) groups is 1. The maximum absolute atomic E-state index is 12.1. The van der Waals surface area contributed by atoms with Gasteiger partial charge in [-0.1, -0.05) is 0 Å². The van der Waals surface area contributed by atoms with Crippen LogP contribution in [0.1, 0.15) is 0 Å². The predicted molar refractivity (Wildman–Crippen MR) is 75.8 cm³/mol. The minimum atomic E-state index is 0.0386. The summed E-state index contributed by atoms with van der Waals surface area (Å²) < 4.78 is 10.5. The number of ether oxygens (including phenoxy) is 2. The molecular formula is C15H18N2O3. The second-order valence-electron chi connectivity index (χ2n) is 4.86. The Bertz CT molecular complexity index is 518. The lowest BCUT2D eigenvalue weighted by atomic mass is 10.2. The minimum absolute atomic E-state index is 0.0386. The molecule has 20 heavy (non-hydrogen) atoms. The van der Waals surface area contributed by atoms with Gasteiger partial charge in [0.15, 0.2) is 0 Å². The van der Waals surface area contributed by atoms with E-state index in [9.17, 15) is 4.79 Å². The molecule has 0 radical (unpaired) electrons. The molecule has 1 saturated heterocycles. The van der Waals surface area contributed by atoms with Crippen molar-refractivity contribution in [2.45, 2.75) is 0 Å². The third kappa shape index (κ3) is 2.49. The number of hydrogen-bond donors (Lipinski definition) is 0. The van der Waals surface area contributed by atoms with Crippen LogP contribution in [0, 0.1) is 0 Å². The predicted octanol–water partition coefficient (Wildman–Crippen LogP) is 1.26. The Morgan fingerprint density at radius 3 is 2.50 bits per heavy atom. The highest BCUT2D eigenvalue weighted by atomic mass is 16.5. The number of rotatable bonds is 3. The Hall–Kier alpha value is -2.01. The zero-order chi connectivity index (χ0) is 13.9. The van der Waals surface area contributed by atoms with Crippen LogP contribution in [0.3, 0.4) is 0 Å². The molecule has 1 fully saturated rings. The Morgan fingerprint density at radius 2 is 1.85 bits per heavy atom. The standard InChI is InChI=1S/C15H18N2O3/c1-19-14-4-2-12(3-5-14)17-11-13(10-15(17)18)16-6-8-20-9-7-16/h2-5,10H,6-9,11H2,1H3. The molecule has 2 aliphatic heterocycles. The van der Waals surface area contributed by atoms with Crippen LogP contribution in [0.4, 0.5) is 5.69 Å². The molecule has 0 bridgehead atoms. The first kappa shape index (κ1) is 13.0. The Kier molecular flexibility index (Phi) is 3.60. The number of hydrogen-bond acceptors (Lipinski definition) is 4. The topological polar surface area (TPSA) is 42.0 Å². The molecule has 0 unspecified atom stereocenters. The number of nitrogens with zero attached hydrogens (tertiary/aromatic N) is 2. The van der Waals surface area contributed by atoms with E-state index in [0.717, 1.165) is 43.4 Å². The number of anilines is 1. The van der Waals surface area contributed by atoms with Gasteiger partial charge in [-0.15, -0.1) is 0 Å². The van der Waals surface area contributed by atoms with Gasteiger partial charge in [-0.25, -0.2) is 0 Å². The van der Waals surface area contributed by atoms with Crippen molar-refractivity contribution < 1.29 is 14.3 Å². The number of morpholine rings is 1. The Balaban J connectivity index is 1.72. The van der Waals surface area contributed by atoms with Crippen LogP contribution < -0.4 is 9.64 Å². The van der Waals surface area contributed by atoms with Crippen LogP contribution in [0.5, 0.6) is 5.75 Å². The van der Waals surface area contributed by atoms with Crippen LogP contribution in [-0.4, -0.2) is 50.8 Å². The molecule has 0 aliphatic carbocycles. The summed E-state index contributed by atoms with van der Waals surface area (Å²) in [6.45, 7) is 3.80. The van der Waals surface area contributed by atoms with Gasteiger partial charge in [0.05, 0.1) is 26.9 Å². The molecule has 2 heterocycles. The van der Waals surface area contributed by atoms with E-state index in [1.165, 1.54) is 0 Å². The van der Waals surface area contributed by atoms with Gasteiger partial charge in [0.1, 0.15) is 5.75 Å².